The SMILES string of the molecule is N#CCCn1cc(/C=C/C(=O)N2CCC3(C2)OCCO3)c2ccccc21. The molecule has 0 atom stereocenters. The number of benzene rings is 1. The van der Waals surface area contributed by atoms with Gasteiger partial charge in [0.1, 0.15) is 0 Å². The molecule has 0 saturated carbocycles. The van der Waals surface area contributed by atoms with Crippen LogP contribution in [0.2, 0.25) is 0 Å². The molecule has 0 unspecified atom stereocenters. The van der Waals surface area contributed by atoms with Gasteiger partial charge in [0.25, 0.3) is 0 Å². The monoisotopic (exact) mass is 351 g/mol. The van der Waals surface area contributed by atoms with Crippen LogP contribution in [0, 0.1) is 11.3 Å². The summed E-state index contributed by atoms with van der Waals surface area (Å²) in [5.74, 6) is -0.619. The summed E-state index contributed by atoms with van der Waals surface area (Å²) in [5, 5.41) is 9.92. The van der Waals surface area contributed by atoms with Crippen LogP contribution in [0.15, 0.2) is 36.5 Å². The maximum atomic E-state index is 12.6. The summed E-state index contributed by atoms with van der Waals surface area (Å²) in [6.07, 6.45) is 6.65. The van der Waals surface area contributed by atoms with Crippen molar-refractivity contribution in [3.63, 3.8) is 0 Å². The lowest BCUT2D eigenvalue weighted by Crippen LogP contribution is -2.36. The lowest BCUT2D eigenvalue weighted by atomic mass is 10.1. The van der Waals surface area contributed by atoms with Gasteiger partial charge in [-0.1, -0.05) is 18.2 Å². The Morgan fingerprint density at radius 3 is 2.92 bits per heavy atom. The van der Waals surface area contributed by atoms with E-state index in [-0.39, 0.29) is 5.91 Å². The molecule has 3 heterocycles. The molecule has 134 valence electrons. The fourth-order valence-electron chi connectivity index (χ4n) is 3.70. The summed E-state index contributed by atoms with van der Waals surface area (Å²) in [6, 6.07) is 10.2. The molecular formula is C20H21N3O3. The van der Waals surface area contributed by atoms with Crippen molar-refractivity contribution in [2.45, 2.75) is 25.2 Å². The fourth-order valence-corrected chi connectivity index (χ4v) is 3.70. The number of nitrogens with zero attached hydrogens (tertiary/aromatic N) is 3. The zero-order valence-electron chi connectivity index (χ0n) is 14.6. The predicted molar refractivity (Wildman–Crippen MR) is 97.0 cm³/mol. The summed E-state index contributed by atoms with van der Waals surface area (Å²) in [7, 11) is 0. The van der Waals surface area contributed by atoms with Crippen LogP contribution in [-0.2, 0) is 20.8 Å². The largest absolute Gasteiger partial charge is 0.346 e. The van der Waals surface area contributed by atoms with E-state index in [1.165, 1.54) is 0 Å². The number of nitriles is 1. The summed E-state index contributed by atoms with van der Waals surface area (Å²) in [5.41, 5.74) is 2.05. The van der Waals surface area contributed by atoms with Gasteiger partial charge < -0.3 is 18.9 Å². The van der Waals surface area contributed by atoms with Crippen molar-refractivity contribution in [3.8, 4) is 6.07 Å². The van der Waals surface area contributed by atoms with E-state index in [1.54, 1.807) is 11.0 Å². The quantitative estimate of drug-likeness (QED) is 0.794. The highest BCUT2D eigenvalue weighted by molar-refractivity contribution is 5.96. The molecule has 2 aromatic rings. The van der Waals surface area contributed by atoms with E-state index in [0.29, 0.717) is 39.3 Å². The number of fused-ring (bicyclic) bond motifs is 1. The van der Waals surface area contributed by atoms with Crippen molar-refractivity contribution >= 4 is 22.9 Å². The van der Waals surface area contributed by atoms with Crippen molar-refractivity contribution < 1.29 is 14.3 Å². The molecule has 2 fully saturated rings. The predicted octanol–water partition coefficient (Wildman–Crippen LogP) is 2.54. The first-order chi connectivity index (χ1) is 12.7. The zero-order chi connectivity index (χ0) is 18.0. The Morgan fingerprint density at radius 2 is 2.12 bits per heavy atom. The van der Waals surface area contributed by atoms with Crippen molar-refractivity contribution in [1.29, 1.82) is 5.26 Å². The molecule has 1 spiro atoms. The Balaban J connectivity index is 1.51. The smallest absolute Gasteiger partial charge is 0.246 e. The first-order valence-corrected chi connectivity index (χ1v) is 8.90. The van der Waals surface area contributed by atoms with Crippen molar-refractivity contribution in [2.75, 3.05) is 26.3 Å². The topological polar surface area (TPSA) is 67.5 Å². The Bertz CT molecular complexity index is 887. The normalized spacial score (nSPS) is 19.0. The zero-order valence-corrected chi connectivity index (χ0v) is 14.6. The lowest BCUT2D eigenvalue weighted by Gasteiger charge is -2.21. The molecule has 2 saturated heterocycles. The number of hydrogen-bond donors (Lipinski definition) is 0. The Morgan fingerprint density at radius 1 is 1.31 bits per heavy atom. The van der Waals surface area contributed by atoms with E-state index >= 15 is 0 Å². The highest BCUT2D eigenvalue weighted by atomic mass is 16.7. The number of aromatic nitrogens is 1. The minimum atomic E-state index is -0.586. The van der Waals surface area contributed by atoms with Crippen LogP contribution in [0.1, 0.15) is 18.4 Å². The van der Waals surface area contributed by atoms with Gasteiger partial charge in [-0.2, -0.15) is 5.26 Å². The van der Waals surface area contributed by atoms with Gasteiger partial charge in [-0.3, -0.25) is 4.79 Å². The van der Waals surface area contributed by atoms with E-state index in [2.05, 4.69) is 10.6 Å². The van der Waals surface area contributed by atoms with Gasteiger partial charge >= 0.3 is 0 Å². The van der Waals surface area contributed by atoms with Gasteiger partial charge in [-0.25, -0.2) is 0 Å². The Kier molecular flexibility index (Phi) is 4.49. The summed E-state index contributed by atoms with van der Waals surface area (Å²) < 4.78 is 13.4. The van der Waals surface area contributed by atoms with E-state index in [9.17, 15) is 4.79 Å². The van der Waals surface area contributed by atoms with Crippen LogP contribution < -0.4 is 0 Å². The third-order valence-corrected chi connectivity index (χ3v) is 5.01. The maximum Gasteiger partial charge on any atom is 0.246 e. The first kappa shape index (κ1) is 16.8. The van der Waals surface area contributed by atoms with E-state index in [1.807, 2.05) is 36.5 Å². The summed E-state index contributed by atoms with van der Waals surface area (Å²) in [4.78, 5) is 14.3. The molecule has 2 aliphatic heterocycles. The number of rotatable bonds is 4. The van der Waals surface area contributed by atoms with E-state index in [4.69, 9.17) is 14.7 Å². The molecule has 26 heavy (non-hydrogen) atoms. The third kappa shape index (κ3) is 3.12. The number of amides is 1. The van der Waals surface area contributed by atoms with Gasteiger partial charge in [-0.05, 0) is 12.1 Å². The molecule has 4 rings (SSSR count). The van der Waals surface area contributed by atoms with E-state index in [0.717, 1.165) is 22.9 Å². The third-order valence-electron chi connectivity index (χ3n) is 5.01. The average Bonchev–Trinajstić information content (AvgIpc) is 3.39. The van der Waals surface area contributed by atoms with Crippen molar-refractivity contribution in [3.05, 3.63) is 42.1 Å². The second-order valence-electron chi connectivity index (χ2n) is 6.65. The van der Waals surface area contributed by atoms with Crippen LogP contribution in [0.25, 0.3) is 17.0 Å². The maximum absolute atomic E-state index is 12.6. The summed E-state index contributed by atoms with van der Waals surface area (Å²) >= 11 is 0. The number of carbonyl (C=O) groups excluding carboxylic acids is 1. The van der Waals surface area contributed by atoms with Crippen LogP contribution in [0.5, 0.6) is 0 Å². The minimum absolute atomic E-state index is 0.0326. The number of likely N-dealkylation sites (tertiary alicyclic amines) is 1. The summed E-state index contributed by atoms with van der Waals surface area (Å²) in [6.45, 7) is 2.97. The molecule has 2 aliphatic rings. The highest BCUT2D eigenvalue weighted by Crippen LogP contribution is 2.30. The molecular weight excluding hydrogens is 330 g/mol. The molecule has 0 bridgehead atoms. The number of hydrogen-bond acceptors (Lipinski definition) is 4. The first-order valence-electron chi connectivity index (χ1n) is 8.90. The Labute approximate surface area is 152 Å². The van der Waals surface area contributed by atoms with Crippen LogP contribution in [-0.4, -0.2) is 47.5 Å². The van der Waals surface area contributed by atoms with Crippen LogP contribution in [0.4, 0.5) is 0 Å². The standard InChI is InChI=1S/C20H21N3O3/c21-9-3-10-22-14-16(17-4-1-2-5-18(17)22)6-7-19(24)23-11-8-20(15-23)25-12-13-26-20/h1-2,4-7,14H,3,8,10-13,15H2/b7-6+. The van der Waals surface area contributed by atoms with Gasteiger partial charge in [-0.15, -0.1) is 0 Å². The second-order valence-corrected chi connectivity index (χ2v) is 6.65. The molecule has 0 aliphatic carbocycles. The molecule has 0 radical (unpaired) electrons. The number of carbonyl (C=O) groups is 1. The average molecular weight is 351 g/mol. The Hall–Kier alpha value is -2.62. The lowest BCUT2D eigenvalue weighted by molar-refractivity contribution is -0.150. The number of ether oxygens (including phenoxy) is 2. The van der Waals surface area contributed by atoms with Gasteiger partial charge in [0.15, 0.2) is 5.79 Å². The number of aryl methyl sites for hydroxylation is 1. The molecule has 6 nitrogen and oxygen atoms in total. The van der Waals surface area contributed by atoms with Crippen molar-refractivity contribution in [2.24, 2.45) is 0 Å². The molecule has 6 heteroatoms. The van der Waals surface area contributed by atoms with E-state index < -0.39 is 5.79 Å². The molecule has 0 N–H and O–H groups in total. The highest BCUT2D eigenvalue weighted by Gasteiger charge is 2.44. The van der Waals surface area contributed by atoms with Crippen molar-refractivity contribution in [1.82, 2.24) is 9.47 Å². The minimum Gasteiger partial charge on any atom is -0.346 e. The van der Waals surface area contributed by atoms with Gasteiger partial charge in [0.05, 0.1) is 32.2 Å². The van der Waals surface area contributed by atoms with Crippen LogP contribution >= 0.6 is 0 Å². The van der Waals surface area contributed by atoms with Gasteiger partial charge in [0, 0.05) is 48.2 Å². The van der Waals surface area contributed by atoms with Gasteiger partial charge in [0.2, 0.25) is 5.91 Å². The molecule has 1 aromatic heterocycles. The number of para-hydroxylation sites is 1. The second kappa shape index (κ2) is 6.94. The molecule has 1 aromatic carbocycles. The molecule has 1 amide bonds. The van der Waals surface area contributed by atoms with Crippen LogP contribution in [0.3, 0.4) is 0 Å². The fraction of sp³-hybridized carbons (Fsp3) is 0.400.